The number of hydrogen-bond donors (Lipinski definition) is 2. The van der Waals surface area contributed by atoms with Crippen LogP contribution in [0.5, 0.6) is 11.6 Å². The van der Waals surface area contributed by atoms with Crippen LogP contribution in [0, 0.1) is 0 Å². The van der Waals surface area contributed by atoms with E-state index < -0.39 is 24.8 Å². The van der Waals surface area contributed by atoms with Crippen molar-refractivity contribution in [3.8, 4) is 22.9 Å². The van der Waals surface area contributed by atoms with Crippen LogP contribution < -0.4 is 14.8 Å². The number of carbonyl (C=O) groups is 2. The van der Waals surface area contributed by atoms with Gasteiger partial charge in [-0.3, -0.25) is 19.4 Å². The van der Waals surface area contributed by atoms with E-state index in [1.807, 2.05) is 25.1 Å². The third-order valence-corrected chi connectivity index (χ3v) is 12.4. The first kappa shape index (κ1) is 42.2. The van der Waals surface area contributed by atoms with Gasteiger partial charge in [0.15, 0.2) is 0 Å². The Kier molecular flexibility index (Phi) is 12.4. The molecule has 61 heavy (non-hydrogen) atoms. The molecule has 1 amide bonds. The Morgan fingerprint density at radius 2 is 1.87 bits per heavy atom. The number of likely N-dealkylation sites (N-methyl/N-ethyl adjacent to an activating group) is 1. The van der Waals surface area contributed by atoms with E-state index in [9.17, 15) is 27.9 Å². The number of carboxylic acid groups (broad SMARTS) is 1. The van der Waals surface area contributed by atoms with Crippen molar-refractivity contribution < 1.29 is 42.1 Å². The van der Waals surface area contributed by atoms with Crippen LogP contribution in [0.3, 0.4) is 0 Å². The summed E-state index contributed by atoms with van der Waals surface area (Å²) in [5.41, 5.74) is 5.64. The molecule has 0 unspecified atom stereocenters. The molecule has 3 aromatic heterocycles. The molecule has 5 aromatic rings. The highest BCUT2D eigenvalue weighted by atomic mass is 35.5. The van der Waals surface area contributed by atoms with Crippen LogP contribution in [0.2, 0.25) is 0 Å². The molecule has 0 radical (unpaired) electrons. The van der Waals surface area contributed by atoms with Crippen molar-refractivity contribution in [2.24, 2.45) is 0 Å². The summed E-state index contributed by atoms with van der Waals surface area (Å²) in [6.45, 7) is 5.66. The fraction of sp³-hybridized carbons (Fsp3) is 0.372. The lowest BCUT2D eigenvalue weighted by molar-refractivity contribution is -0.145. The zero-order valence-electron chi connectivity index (χ0n) is 33.4. The largest absolute Gasteiger partial charge is 0.495 e. The molecular formula is C43H43ClF3N7O6S. The average Bonchev–Trinajstić information content (AvgIpc) is 3.96. The SMILES string of the molecule is CC1=C(c2c(-c3cccc4c3NC(=O)C4)ncc3snc(O[C@H](Cc4ccccc4OCc4ccnn4CC(F)(F)F)C(=O)O)c23)CCC(OCCN2CCN(C)CC2)=C1Cl. The molecule has 13 nitrogen and oxygen atoms in total. The Morgan fingerprint density at radius 3 is 2.66 bits per heavy atom. The minimum absolute atomic E-state index is 0.0757. The third-order valence-electron chi connectivity index (χ3n) is 11.1. The third kappa shape index (κ3) is 9.39. The second-order valence-corrected chi connectivity index (χ2v) is 16.4. The molecule has 5 heterocycles. The van der Waals surface area contributed by atoms with Gasteiger partial charge in [0.05, 0.1) is 38.6 Å². The number of ether oxygens (including phenoxy) is 3. The standard InChI is InChI=1S/C43H43ClF3N7O6S/c1-25-29(10-11-32(38(25)44)58-19-18-53-16-14-52(2)15-17-53)36-37-34(22-48-40(36)30-8-5-7-27-21-35(55)50-39(27)30)61-51-41(37)60-33(42(56)57)20-26-6-3-4-9-31(26)59-23-28-12-13-49-54(28)24-43(45,46)47/h3-9,12-13,22,33H,10-11,14-21,23-24H2,1-2H3,(H,50,55)(H,56,57)/t33-/m1/s1. The molecule has 320 valence electrons. The van der Waals surface area contributed by atoms with E-state index in [4.69, 9.17) is 30.8 Å². The Hall–Kier alpha value is -5.49. The number of piperazine rings is 1. The molecule has 1 aliphatic carbocycles. The van der Waals surface area contributed by atoms with E-state index in [-0.39, 0.29) is 42.7 Å². The summed E-state index contributed by atoms with van der Waals surface area (Å²) >= 11 is 8.24. The van der Waals surface area contributed by atoms with Crippen LogP contribution in [0.15, 0.2) is 77.3 Å². The van der Waals surface area contributed by atoms with Crippen molar-refractivity contribution in [1.29, 1.82) is 0 Å². The number of aliphatic carboxylic acids is 1. The van der Waals surface area contributed by atoms with Gasteiger partial charge in [-0.25, -0.2) is 4.79 Å². The highest BCUT2D eigenvalue weighted by molar-refractivity contribution is 7.13. The maximum atomic E-state index is 13.1. The normalized spacial score (nSPS) is 16.9. The monoisotopic (exact) mass is 877 g/mol. The highest BCUT2D eigenvalue weighted by Crippen LogP contribution is 2.48. The molecule has 2 aromatic carbocycles. The highest BCUT2D eigenvalue weighted by Gasteiger charge is 2.33. The lowest BCUT2D eigenvalue weighted by Gasteiger charge is -2.32. The molecular weight excluding hydrogens is 835 g/mol. The Bertz CT molecular complexity index is 2530. The Balaban J connectivity index is 1.13. The zero-order valence-corrected chi connectivity index (χ0v) is 35.0. The molecule has 2 aliphatic heterocycles. The number of amides is 1. The van der Waals surface area contributed by atoms with Gasteiger partial charge in [0, 0.05) is 69.1 Å². The maximum absolute atomic E-state index is 13.1. The number of nitrogens with one attached hydrogen (secondary N) is 1. The molecule has 0 saturated carbocycles. The van der Waals surface area contributed by atoms with Crippen LogP contribution in [-0.2, 0) is 40.3 Å². The summed E-state index contributed by atoms with van der Waals surface area (Å²) in [5.74, 6) is -0.353. The number of hydrogen-bond acceptors (Lipinski definition) is 11. The second kappa shape index (κ2) is 17.8. The Morgan fingerprint density at radius 1 is 1.07 bits per heavy atom. The van der Waals surface area contributed by atoms with E-state index in [1.165, 1.54) is 12.3 Å². The molecule has 0 bridgehead atoms. The van der Waals surface area contributed by atoms with Gasteiger partial charge < -0.3 is 29.5 Å². The van der Waals surface area contributed by atoms with Gasteiger partial charge in [0.2, 0.25) is 17.9 Å². The number of para-hydroxylation sites is 2. The number of rotatable bonds is 15. The number of benzene rings is 2. The summed E-state index contributed by atoms with van der Waals surface area (Å²) < 4.78 is 64.1. The van der Waals surface area contributed by atoms with Gasteiger partial charge in [0.1, 0.15) is 31.3 Å². The summed E-state index contributed by atoms with van der Waals surface area (Å²) in [5, 5.41) is 18.4. The van der Waals surface area contributed by atoms with E-state index in [2.05, 4.69) is 31.6 Å². The molecule has 0 spiro atoms. The number of aromatic nitrogens is 4. The predicted octanol–water partition coefficient (Wildman–Crippen LogP) is 7.55. The molecule has 18 heteroatoms. The van der Waals surface area contributed by atoms with Gasteiger partial charge in [-0.15, -0.1) is 0 Å². The number of nitrogens with zero attached hydrogens (tertiary/aromatic N) is 6. The number of anilines is 1. The molecule has 1 fully saturated rings. The second-order valence-electron chi connectivity index (χ2n) is 15.2. The first-order chi connectivity index (χ1) is 29.3. The molecule has 1 saturated heterocycles. The quantitative estimate of drug-likeness (QED) is 0.108. The van der Waals surface area contributed by atoms with Gasteiger partial charge in [-0.2, -0.15) is 22.6 Å². The number of fused-ring (bicyclic) bond motifs is 2. The fourth-order valence-electron chi connectivity index (χ4n) is 7.91. The number of carboxylic acids is 1. The van der Waals surface area contributed by atoms with Crippen molar-refractivity contribution in [3.05, 3.63) is 99.7 Å². The minimum Gasteiger partial charge on any atom is -0.495 e. The summed E-state index contributed by atoms with van der Waals surface area (Å²) in [6, 6.07) is 13.8. The van der Waals surface area contributed by atoms with Crippen LogP contribution in [-0.4, -0.2) is 105 Å². The van der Waals surface area contributed by atoms with Crippen LogP contribution >= 0.6 is 23.1 Å². The maximum Gasteiger partial charge on any atom is 0.408 e. The molecule has 1 atom stereocenters. The molecule has 3 aliphatic rings. The van der Waals surface area contributed by atoms with E-state index in [0.717, 1.165) is 65.6 Å². The smallest absolute Gasteiger partial charge is 0.408 e. The van der Waals surface area contributed by atoms with Crippen molar-refractivity contribution in [3.63, 3.8) is 0 Å². The van der Waals surface area contributed by atoms with Crippen LogP contribution in [0.4, 0.5) is 18.9 Å². The summed E-state index contributed by atoms with van der Waals surface area (Å²) in [4.78, 5) is 35.2. The van der Waals surface area contributed by atoms with Gasteiger partial charge in [-0.1, -0.05) is 48.0 Å². The topological polar surface area (TPSA) is 144 Å². The number of pyridine rings is 1. The van der Waals surface area contributed by atoms with E-state index in [0.29, 0.717) is 68.4 Å². The van der Waals surface area contributed by atoms with Crippen LogP contribution in [0.25, 0.3) is 26.9 Å². The first-order valence-electron chi connectivity index (χ1n) is 19.8. The van der Waals surface area contributed by atoms with Crippen molar-refractivity contribution >= 4 is 56.4 Å². The number of alkyl halides is 3. The summed E-state index contributed by atoms with van der Waals surface area (Å²) in [6.07, 6.45) is -1.92. The lowest BCUT2D eigenvalue weighted by Crippen LogP contribution is -2.45. The van der Waals surface area contributed by atoms with E-state index >= 15 is 0 Å². The fourth-order valence-corrected chi connectivity index (χ4v) is 8.87. The lowest BCUT2D eigenvalue weighted by atomic mass is 9.86. The zero-order chi connectivity index (χ0) is 42.8. The van der Waals surface area contributed by atoms with Crippen LogP contribution in [0.1, 0.15) is 42.1 Å². The van der Waals surface area contributed by atoms with Gasteiger partial charge >= 0.3 is 12.1 Å². The summed E-state index contributed by atoms with van der Waals surface area (Å²) in [7, 11) is 2.12. The van der Waals surface area contributed by atoms with Crippen molar-refractivity contribution in [2.45, 2.75) is 58.0 Å². The molecule has 8 rings (SSSR count). The predicted molar refractivity (Wildman–Crippen MR) is 225 cm³/mol. The van der Waals surface area contributed by atoms with E-state index in [1.54, 1.807) is 30.5 Å². The first-order valence-corrected chi connectivity index (χ1v) is 21.0. The van der Waals surface area contributed by atoms with Crippen molar-refractivity contribution in [1.82, 2.24) is 28.9 Å². The number of carbonyl (C=O) groups excluding carboxylic acids is 1. The molecule has 2 N–H and O–H groups in total. The minimum atomic E-state index is -4.48. The van der Waals surface area contributed by atoms with Gasteiger partial charge in [0.25, 0.3) is 0 Å². The van der Waals surface area contributed by atoms with Gasteiger partial charge in [-0.05, 0) is 66.3 Å². The Labute approximate surface area is 358 Å². The number of halogens is 4. The average molecular weight is 878 g/mol. The van der Waals surface area contributed by atoms with Crippen molar-refractivity contribution in [2.75, 3.05) is 51.7 Å². The number of allylic oxidation sites excluding steroid dienone is 4.